The van der Waals surface area contributed by atoms with E-state index in [1.54, 1.807) is 13.0 Å². The van der Waals surface area contributed by atoms with Crippen molar-refractivity contribution >= 4 is 17.9 Å². The van der Waals surface area contributed by atoms with Crippen molar-refractivity contribution < 1.29 is 43.9 Å². The SMILES string of the molecule is CCCCCCCCCCCCCCCC(C)C(=O)O[C@@H](CC(=O)O)C(=O)OC1=CC[C@@]2(O)[C@H]3Cc4ccc(CO)c5c4[C@@]2(CCN3C)[C@H]1O5. The maximum absolute atomic E-state index is 13.6. The third kappa shape index (κ3) is 7.77. The van der Waals surface area contributed by atoms with Crippen LogP contribution in [0.2, 0.25) is 0 Å². The lowest BCUT2D eigenvalue weighted by Crippen LogP contribution is -2.74. The van der Waals surface area contributed by atoms with Crippen LogP contribution in [0.1, 0.15) is 140 Å². The third-order valence-electron chi connectivity index (χ3n) is 11.9. The van der Waals surface area contributed by atoms with E-state index in [1.165, 1.54) is 64.2 Å². The first-order valence-corrected chi connectivity index (χ1v) is 19.3. The van der Waals surface area contributed by atoms with Crippen LogP contribution in [0.15, 0.2) is 24.0 Å². The molecule has 2 bridgehead atoms. The van der Waals surface area contributed by atoms with Gasteiger partial charge < -0.3 is 34.4 Å². The minimum Gasteiger partial charge on any atom is -0.481 e. The zero-order valence-electron chi connectivity index (χ0n) is 30.4. The number of carboxylic acid groups (broad SMARTS) is 1. The number of ether oxygens (including phenoxy) is 3. The highest BCUT2D eigenvalue weighted by Crippen LogP contribution is 2.64. The number of aliphatic carboxylic acids is 1. The van der Waals surface area contributed by atoms with E-state index in [4.69, 9.17) is 14.2 Å². The van der Waals surface area contributed by atoms with Gasteiger partial charge in [0.25, 0.3) is 0 Å². The topological polar surface area (TPSA) is 143 Å². The van der Waals surface area contributed by atoms with E-state index in [9.17, 15) is 29.7 Å². The Bertz CT molecular complexity index is 1390. The lowest BCUT2D eigenvalue weighted by atomic mass is 9.50. The molecule has 10 heteroatoms. The predicted molar refractivity (Wildman–Crippen MR) is 189 cm³/mol. The molecule has 2 aliphatic heterocycles. The molecule has 5 rings (SSSR count). The number of rotatable bonds is 21. The molecule has 6 atom stereocenters. The van der Waals surface area contributed by atoms with Gasteiger partial charge in [-0.3, -0.25) is 9.59 Å². The van der Waals surface area contributed by atoms with Gasteiger partial charge in [0.1, 0.15) is 11.5 Å². The fraction of sp³-hybridized carbons (Fsp3) is 0.725. The molecule has 50 heavy (non-hydrogen) atoms. The second-order valence-corrected chi connectivity index (χ2v) is 15.3. The summed E-state index contributed by atoms with van der Waals surface area (Å²) in [5.41, 5.74) is 0.363. The van der Waals surface area contributed by atoms with Crippen molar-refractivity contribution in [3.8, 4) is 5.75 Å². The van der Waals surface area contributed by atoms with Gasteiger partial charge in [0.05, 0.1) is 30.0 Å². The van der Waals surface area contributed by atoms with E-state index >= 15 is 0 Å². The minimum absolute atomic E-state index is 0.169. The summed E-state index contributed by atoms with van der Waals surface area (Å²) in [6.07, 6.45) is 16.4. The van der Waals surface area contributed by atoms with E-state index in [0.717, 1.165) is 30.4 Å². The first-order chi connectivity index (χ1) is 24.1. The van der Waals surface area contributed by atoms with E-state index in [2.05, 4.69) is 11.8 Å². The molecular weight excluding hydrogens is 638 g/mol. The molecule has 3 N–H and O–H groups in total. The number of carbonyl (C=O) groups excluding carboxylic acids is 2. The first-order valence-electron chi connectivity index (χ1n) is 19.3. The average molecular weight is 698 g/mol. The Labute approximate surface area is 297 Å². The Morgan fingerprint density at radius 2 is 1.62 bits per heavy atom. The number of benzene rings is 1. The Balaban J connectivity index is 1.15. The number of nitrogens with zero attached hydrogens (tertiary/aromatic N) is 1. The van der Waals surface area contributed by atoms with Gasteiger partial charge in [0, 0.05) is 23.6 Å². The Morgan fingerprint density at radius 1 is 0.980 bits per heavy atom. The normalized spacial score (nSPS) is 26.0. The van der Waals surface area contributed by atoms with Crippen molar-refractivity contribution in [3.05, 3.63) is 40.7 Å². The fourth-order valence-corrected chi connectivity index (χ4v) is 8.99. The number of aliphatic hydroxyl groups excluding tert-OH is 1. The summed E-state index contributed by atoms with van der Waals surface area (Å²) in [6, 6.07) is 3.63. The van der Waals surface area contributed by atoms with Crippen LogP contribution in [0.25, 0.3) is 0 Å². The minimum atomic E-state index is -1.63. The number of unbranched alkanes of at least 4 members (excludes halogenated alkanes) is 12. The molecular formula is C40H59NO9. The highest BCUT2D eigenvalue weighted by molar-refractivity contribution is 5.85. The molecule has 2 aliphatic carbocycles. The van der Waals surface area contributed by atoms with Gasteiger partial charge >= 0.3 is 17.9 Å². The number of hydrogen-bond acceptors (Lipinski definition) is 9. The molecule has 2 heterocycles. The van der Waals surface area contributed by atoms with Crippen molar-refractivity contribution in [2.24, 2.45) is 5.92 Å². The molecule has 1 unspecified atom stereocenters. The standard InChI is InChI=1S/C40H59NO9/c1-4-5-6-7-8-9-10-11-12-13-14-15-16-17-27(2)37(45)49-31(25-33(43)44)38(46)48-30-20-21-40(47)32-24-28-18-19-29(26-42)35-34(28)39(40,36(30)50-35)22-23-41(32)3/h18-20,27,31-32,36,42,47H,4-17,21-26H2,1-3H3,(H,43,44)/t27?,31-,32+,36-,39-,40+/m0/s1. The van der Waals surface area contributed by atoms with Gasteiger partial charge in [-0.1, -0.05) is 109 Å². The summed E-state index contributed by atoms with van der Waals surface area (Å²) in [4.78, 5) is 40.6. The van der Waals surface area contributed by atoms with Crippen LogP contribution < -0.4 is 4.74 Å². The maximum atomic E-state index is 13.6. The highest BCUT2D eigenvalue weighted by Gasteiger charge is 2.72. The van der Waals surface area contributed by atoms with Crippen LogP contribution in [-0.2, 0) is 42.3 Å². The highest BCUT2D eigenvalue weighted by atomic mass is 16.6. The largest absolute Gasteiger partial charge is 0.481 e. The van der Waals surface area contributed by atoms with Crippen LogP contribution >= 0.6 is 0 Å². The predicted octanol–water partition coefficient (Wildman–Crippen LogP) is 6.50. The number of aliphatic hydroxyl groups is 2. The van der Waals surface area contributed by atoms with Crippen molar-refractivity contribution in [1.29, 1.82) is 0 Å². The van der Waals surface area contributed by atoms with E-state index in [0.29, 0.717) is 37.1 Å². The monoisotopic (exact) mass is 697 g/mol. The lowest BCUT2D eigenvalue weighted by Gasteiger charge is -2.61. The Kier molecular flexibility index (Phi) is 13.1. The summed E-state index contributed by atoms with van der Waals surface area (Å²) in [5.74, 6) is -2.70. The number of carboxylic acids is 1. The van der Waals surface area contributed by atoms with Gasteiger partial charge in [0.15, 0.2) is 6.10 Å². The summed E-state index contributed by atoms with van der Waals surface area (Å²) < 4.78 is 17.9. The number of esters is 2. The summed E-state index contributed by atoms with van der Waals surface area (Å²) in [6.45, 7) is 4.43. The van der Waals surface area contributed by atoms with Gasteiger partial charge in [0.2, 0.25) is 6.10 Å². The number of likely N-dealkylation sites (N-methyl/N-ethyl adjacent to an activating group) is 1. The number of hydrogen-bond donors (Lipinski definition) is 3. The smallest absolute Gasteiger partial charge is 0.353 e. The zero-order chi connectivity index (χ0) is 35.9. The molecule has 0 saturated carbocycles. The molecule has 1 fully saturated rings. The summed E-state index contributed by atoms with van der Waals surface area (Å²) >= 11 is 0. The van der Waals surface area contributed by atoms with Crippen molar-refractivity contribution in [1.82, 2.24) is 4.90 Å². The summed E-state index contributed by atoms with van der Waals surface area (Å²) in [7, 11) is 2.00. The zero-order valence-corrected chi connectivity index (χ0v) is 30.4. The lowest BCUT2D eigenvalue weighted by molar-refractivity contribution is -0.178. The Hall–Kier alpha value is -2.95. The molecule has 1 aromatic carbocycles. The Morgan fingerprint density at radius 3 is 2.24 bits per heavy atom. The van der Waals surface area contributed by atoms with Crippen LogP contribution in [0.3, 0.4) is 0 Å². The van der Waals surface area contributed by atoms with E-state index < -0.39 is 53.5 Å². The maximum Gasteiger partial charge on any atom is 0.353 e. The summed E-state index contributed by atoms with van der Waals surface area (Å²) in [5, 5.41) is 32.1. The van der Waals surface area contributed by atoms with Crippen LogP contribution in [0.4, 0.5) is 0 Å². The molecule has 278 valence electrons. The number of piperidine rings is 1. The number of likely N-dealkylation sites (tertiary alicyclic amines) is 1. The quantitative estimate of drug-likeness (QED) is 0.0962. The van der Waals surface area contributed by atoms with Gasteiger partial charge in [-0.15, -0.1) is 0 Å². The van der Waals surface area contributed by atoms with E-state index in [1.807, 2.05) is 19.2 Å². The van der Waals surface area contributed by atoms with Gasteiger partial charge in [-0.2, -0.15) is 0 Å². The van der Waals surface area contributed by atoms with Crippen LogP contribution in [0, 0.1) is 5.92 Å². The molecule has 0 amide bonds. The average Bonchev–Trinajstić information content (AvgIpc) is 3.45. The fourth-order valence-electron chi connectivity index (χ4n) is 8.99. The molecule has 1 saturated heterocycles. The van der Waals surface area contributed by atoms with Crippen molar-refractivity contribution in [3.63, 3.8) is 0 Å². The first kappa shape index (κ1) is 38.3. The number of carbonyl (C=O) groups is 3. The molecule has 10 nitrogen and oxygen atoms in total. The van der Waals surface area contributed by atoms with Crippen LogP contribution in [0.5, 0.6) is 5.75 Å². The van der Waals surface area contributed by atoms with Crippen LogP contribution in [-0.4, -0.2) is 75.6 Å². The molecule has 0 radical (unpaired) electrons. The molecule has 1 spiro atoms. The van der Waals surface area contributed by atoms with Gasteiger partial charge in [-0.25, -0.2) is 4.79 Å². The third-order valence-corrected chi connectivity index (χ3v) is 11.9. The second-order valence-electron chi connectivity index (χ2n) is 15.3. The molecule has 4 aliphatic rings. The van der Waals surface area contributed by atoms with Crippen molar-refractivity contribution in [2.45, 2.75) is 165 Å². The van der Waals surface area contributed by atoms with E-state index in [-0.39, 0.29) is 24.8 Å². The second kappa shape index (κ2) is 17.0. The molecule has 1 aromatic rings. The molecule has 0 aromatic heterocycles. The van der Waals surface area contributed by atoms with Crippen molar-refractivity contribution in [2.75, 3.05) is 13.6 Å². The van der Waals surface area contributed by atoms with Gasteiger partial charge in [-0.05, 0) is 44.5 Å².